The highest BCUT2D eigenvalue weighted by molar-refractivity contribution is 7.86. The van der Waals surface area contributed by atoms with Crippen molar-refractivity contribution in [2.24, 2.45) is 0 Å². The molecule has 5 nitrogen and oxygen atoms in total. The zero-order valence-electron chi connectivity index (χ0n) is 16.5. The maximum Gasteiger partial charge on any atom is 0.383 e. The van der Waals surface area contributed by atoms with Crippen LogP contribution in [0.3, 0.4) is 0 Å². The Hall–Kier alpha value is -2.73. The summed E-state index contributed by atoms with van der Waals surface area (Å²) in [6.07, 6.45) is 0.126. The van der Waals surface area contributed by atoms with Crippen LogP contribution in [0.5, 0.6) is 11.5 Å². The van der Waals surface area contributed by atoms with Crippen molar-refractivity contribution in [3.8, 4) is 11.5 Å². The third kappa shape index (κ3) is 3.81. The minimum absolute atomic E-state index is 0.0743. The summed E-state index contributed by atoms with van der Waals surface area (Å²) in [4.78, 5) is -0.454. The number of ether oxygens (including phenoxy) is 2. The van der Waals surface area contributed by atoms with E-state index in [1.54, 1.807) is 0 Å². The minimum atomic E-state index is -5.63. The van der Waals surface area contributed by atoms with Gasteiger partial charge < -0.3 is 9.47 Å². The summed E-state index contributed by atoms with van der Waals surface area (Å²) in [7, 11) is -3.34. The highest BCUT2D eigenvalue weighted by Gasteiger charge is 2.80. The molecule has 0 fully saturated rings. The van der Waals surface area contributed by atoms with Crippen LogP contribution in [0, 0.1) is 0 Å². The topological polar surface area (TPSA) is 72.8 Å². The van der Waals surface area contributed by atoms with Crippen LogP contribution in [0.1, 0.15) is 18.1 Å². The van der Waals surface area contributed by atoms with Gasteiger partial charge >= 0.3 is 17.8 Å². The normalized spacial score (nSPS) is 19.2. The van der Waals surface area contributed by atoms with Crippen LogP contribution in [0.4, 0.5) is 26.3 Å². The molecule has 0 aliphatic heterocycles. The van der Waals surface area contributed by atoms with E-state index in [4.69, 9.17) is 9.47 Å². The second-order valence-electron chi connectivity index (χ2n) is 7.06. The molecule has 1 aliphatic rings. The summed E-state index contributed by atoms with van der Waals surface area (Å²) in [6, 6.07) is 8.97. The molecule has 0 spiro atoms. The number of benzene rings is 2. The van der Waals surface area contributed by atoms with Gasteiger partial charge in [-0.1, -0.05) is 18.2 Å². The molecular formula is C20H16F6O5S. The zero-order chi connectivity index (χ0) is 24.1. The summed E-state index contributed by atoms with van der Waals surface area (Å²) in [5.41, 5.74) is -0.608. The van der Waals surface area contributed by atoms with E-state index in [1.165, 1.54) is 37.4 Å². The second kappa shape index (κ2) is 7.69. The Morgan fingerprint density at radius 1 is 0.906 bits per heavy atom. The molecule has 0 bridgehead atoms. The molecule has 0 saturated heterocycles. The minimum Gasteiger partial charge on any atom is -0.495 e. The van der Waals surface area contributed by atoms with Crippen LogP contribution in [0.15, 0.2) is 58.7 Å². The van der Waals surface area contributed by atoms with Gasteiger partial charge in [0.15, 0.2) is 5.76 Å². The van der Waals surface area contributed by atoms with Gasteiger partial charge in [0.05, 0.1) is 7.11 Å². The number of alkyl halides is 6. The molecule has 174 valence electrons. The van der Waals surface area contributed by atoms with Crippen molar-refractivity contribution in [3.63, 3.8) is 0 Å². The molecule has 0 amide bonds. The quantitative estimate of drug-likeness (QED) is 0.458. The third-order valence-corrected chi connectivity index (χ3v) is 5.82. The molecule has 0 aromatic heterocycles. The molecule has 0 atom stereocenters. The number of hydrogen-bond acceptors (Lipinski definition) is 4. The number of methoxy groups -OCH3 is 1. The predicted molar refractivity (Wildman–Crippen MR) is 100 cm³/mol. The van der Waals surface area contributed by atoms with Crippen molar-refractivity contribution in [1.82, 2.24) is 0 Å². The highest BCUT2D eigenvalue weighted by Crippen LogP contribution is 2.59. The van der Waals surface area contributed by atoms with Crippen molar-refractivity contribution in [1.29, 1.82) is 0 Å². The molecule has 1 aliphatic carbocycles. The Balaban J connectivity index is 1.84. The summed E-state index contributed by atoms with van der Waals surface area (Å²) in [5, 5.41) is 0. The van der Waals surface area contributed by atoms with Gasteiger partial charge in [-0.3, -0.25) is 4.55 Å². The number of rotatable bonds is 6. The lowest BCUT2D eigenvalue weighted by Gasteiger charge is -2.24. The van der Waals surface area contributed by atoms with Crippen molar-refractivity contribution in [2.45, 2.75) is 36.0 Å². The van der Waals surface area contributed by atoms with E-state index in [-0.39, 0.29) is 17.9 Å². The first-order valence-electron chi connectivity index (χ1n) is 8.89. The average Bonchev–Trinajstić information content (AvgIpc) is 2.79. The first-order chi connectivity index (χ1) is 14.6. The van der Waals surface area contributed by atoms with E-state index in [9.17, 15) is 39.3 Å². The second-order valence-corrected chi connectivity index (χ2v) is 8.45. The maximum atomic E-state index is 13.9. The summed E-state index contributed by atoms with van der Waals surface area (Å²) in [6.45, 7) is 0.453. The monoisotopic (exact) mass is 482 g/mol. The number of allylic oxidation sites excluding steroid dienone is 2. The zero-order valence-corrected chi connectivity index (χ0v) is 17.3. The molecule has 0 unspecified atom stereocenters. The van der Waals surface area contributed by atoms with E-state index in [2.05, 4.69) is 0 Å². The van der Waals surface area contributed by atoms with Crippen LogP contribution in [-0.4, -0.2) is 37.8 Å². The van der Waals surface area contributed by atoms with Gasteiger partial charge in [0, 0.05) is 5.57 Å². The van der Waals surface area contributed by atoms with Gasteiger partial charge in [0.25, 0.3) is 10.1 Å². The SMILES string of the molecule is COc1ccc(Cc2ccc(OC3=C(C)C(F)(F)C(F)(F)C3(F)F)cc2)cc1S(=O)(=O)O. The Kier molecular flexibility index (Phi) is 5.75. The van der Waals surface area contributed by atoms with E-state index in [0.29, 0.717) is 18.1 Å². The molecular weight excluding hydrogens is 466 g/mol. The van der Waals surface area contributed by atoms with Crippen LogP contribution in [-0.2, 0) is 16.5 Å². The van der Waals surface area contributed by atoms with E-state index >= 15 is 0 Å². The first-order valence-corrected chi connectivity index (χ1v) is 10.3. The third-order valence-electron chi connectivity index (χ3n) is 4.94. The lowest BCUT2D eigenvalue weighted by atomic mass is 10.0. The Bertz CT molecular complexity index is 1170. The van der Waals surface area contributed by atoms with E-state index in [0.717, 1.165) is 12.1 Å². The van der Waals surface area contributed by atoms with Crippen LogP contribution in [0.2, 0.25) is 0 Å². The smallest absolute Gasteiger partial charge is 0.383 e. The first kappa shape index (κ1) is 23.9. The van der Waals surface area contributed by atoms with Crippen molar-refractivity contribution in [3.05, 3.63) is 64.9 Å². The molecule has 0 radical (unpaired) electrons. The average molecular weight is 482 g/mol. The van der Waals surface area contributed by atoms with Crippen LogP contribution in [0.25, 0.3) is 0 Å². The van der Waals surface area contributed by atoms with Gasteiger partial charge in [-0.05, 0) is 48.7 Å². The summed E-state index contributed by atoms with van der Waals surface area (Å²) < 4.78 is 124. The fourth-order valence-electron chi connectivity index (χ4n) is 3.16. The largest absolute Gasteiger partial charge is 0.495 e. The molecule has 12 heteroatoms. The van der Waals surface area contributed by atoms with Crippen molar-refractivity contribution >= 4 is 10.1 Å². The van der Waals surface area contributed by atoms with Gasteiger partial charge in [-0.25, -0.2) is 0 Å². The van der Waals surface area contributed by atoms with Crippen LogP contribution < -0.4 is 9.47 Å². The molecule has 2 aromatic rings. The molecule has 0 saturated carbocycles. The van der Waals surface area contributed by atoms with Gasteiger partial charge in [-0.2, -0.15) is 34.8 Å². The van der Waals surface area contributed by atoms with Crippen molar-refractivity contribution < 1.29 is 48.8 Å². The molecule has 32 heavy (non-hydrogen) atoms. The fourth-order valence-corrected chi connectivity index (χ4v) is 3.86. The van der Waals surface area contributed by atoms with Gasteiger partial charge in [0.1, 0.15) is 16.4 Å². The Morgan fingerprint density at radius 3 is 1.94 bits per heavy atom. The maximum absolute atomic E-state index is 13.9. The fraction of sp³-hybridized carbons (Fsp3) is 0.300. The standard InChI is InChI=1S/C20H16F6O5S/c1-11-17(19(23,24)20(25,26)18(11,21)22)31-14-6-3-12(4-7-14)9-13-5-8-15(30-2)16(10-13)32(27,28)29/h3-8,10H,9H2,1-2H3,(H,27,28,29). The molecule has 2 aromatic carbocycles. The van der Waals surface area contributed by atoms with E-state index < -0.39 is 44.1 Å². The molecule has 1 N–H and O–H groups in total. The van der Waals surface area contributed by atoms with Gasteiger partial charge in [0.2, 0.25) is 0 Å². The molecule has 3 rings (SSSR count). The lowest BCUT2D eigenvalue weighted by Crippen LogP contribution is -2.49. The van der Waals surface area contributed by atoms with E-state index in [1.807, 2.05) is 0 Å². The van der Waals surface area contributed by atoms with Crippen molar-refractivity contribution in [2.75, 3.05) is 7.11 Å². The molecule has 0 heterocycles. The summed E-state index contributed by atoms with van der Waals surface area (Å²) in [5.74, 6) is -18.1. The highest BCUT2D eigenvalue weighted by atomic mass is 32.2. The predicted octanol–water partition coefficient (Wildman–Crippen LogP) is 5.11. The Morgan fingerprint density at radius 2 is 1.47 bits per heavy atom. The van der Waals surface area contributed by atoms with Gasteiger partial charge in [-0.15, -0.1) is 0 Å². The Labute approximate surface area is 179 Å². The van der Waals surface area contributed by atoms with Crippen LogP contribution >= 0.6 is 0 Å². The number of halogens is 6. The summed E-state index contributed by atoms with van der Waals surface area (Å²) >= 11 is 0. The number of hydrogen-bond donors (Lipinski definition) is 1. The lowest BCUT2D eigenvalue weighted by molar-refractivity contribution is -0.269.